The summed E-state index contributed by atoms with van der Waals surface area (Å²) in [6.45, 7) is 0. The SMILES string of the molecule is N#Cc1c(=N)oc(C=Cc2ccc(Cl)cc2)c2c(=O)oc3ccccc3c12. The van der Waals surface area contributed by atoms with Crippen LogP contribution in [0.1, 0.15) is 16.9 Å². The molecule has 0 atom stereocenters. The van der Waals surface area contributed by atoms with Crippen molar-refractivity contribution in [1.82, 2.24) is 0 Å². The highest BCUT2D eigenvalue weighted by Gasteiger charge is 2.17. The smallest absolute Gasteiger partial charge is 0.348 e. The second-order valence-electron chi connectivity index (χ2n) is 5.80. The van der Waals surface area contributed by atoms with Gasteiger partial charge in [-0.1, -0.05) is 48.0 Å². The zero-order chi connectivity index (χ0) is 19.0. The van der Waals surface area contributed by atoms with Crippen molar-refractivity contribution in [3.05, 3.63) is 86.4 Å². The molecule has 27 heavy (non-hydrogen) atoms. The van der Waals surface area contributed by atoms with Crippen molar-refractivity contribution in [3.63, 3.8) is 0 Å². The molecule has 130 valence electrons. The second-order valence-corrected chi connectivity index (χ2v) is 6.24. The van der Waals surface area contributed by atoms with Gasteiger partial charge >= 0.3 is 5.63 Å². The standard InChI is InChI=1S/C21H11ClN2O3/c22-13-8-5-12(6-9-13)7-10-17-19-18(15(11-23)20(24)26-17)14-3-1-2-4-16(14)27-21(19)25/h1-10,24H. The van der Waals surface area contributed by atoms with Gasteiger partial charge in [0.2, 0.25) is 5.55 Å². The van der Waals surface area contributed by atoms with Crippen LogP contribution in [0.4, 0.5) is 0 Å². The maximum absolute atomic E-state index is 12.6. The molecule has 0 unspecified atom stereocenters. The van der Waals surface area contributed by atoms with Crippen molar-refractivity contribution in [2.24, 2.45) is 0 Å². The molecule has 0 aliphatic rings. The van der Waals surface area contributed by atoms with Crippen LogP contribution in [0.2, 0.25) is 5.02 Å². The molecule has 0 amide bonds. The third-order valence-corrected chi connectivity index (χ3v) is 4.41. The average molecular weight is 375 g/mol. The van der Waals surface area contributed by atoms with E-state index in [9.17, 15) is 10.1 Å². The van der Waals surface area contributed by atoms with E-state index in [1.807, 2.05) is 18.2 Å². The van der Waals surface area contributed by atoms with Crippen LogP contribution in [0.3, 0.4) is 0 Å². The van der Waals surface area contributed by atoms with E-state index in [1.165, 1.54) is 0 Å². The molecule has 0 aliphatic heterocycles. The maximum Gasteiger partial charge on any atom is 0.348 e. The van der Waals surface area contributed by atoms with Gasteiger partial charge in [-0.15, -0.1) is 0 Å². The normalized spacial score (nSPS) is 11.3. The Morgan fingerprint density at radius 1 is 1.00 bits per heavy atom. The molecule has 1 N–H and O–H groups in total. The first kappa shape index (κ1) is 16.8. The maximum atomic E-state index is 12.6. The molecule has 2 heterocycles. The van der Waals surface area contributed by atoms with E-state index < -0.39 is 5.63 Å². The summed E-state index contributed by atoms with van der Waals surface area (Å²) in [5, 5.41) is 19.3. The van der Waals surface area contributed by atoms with Crippen LogP contribution >= 0.6 is 11.6 Å². The van der Waals surface area contributed by atoms with Gasteiger partial charge in [-0.25, -0.2) is 4.79 Å². The van der Waals surface area contributed by atoms with E-state index in [4.69, 9.17) is 25.8 Å². The number of nitriles is 1. The lowest BCUT2D eigenvalue weighted by molar-refractivity contribution is 0.479. The van der Waals surface area contributed by atoms with Crippen LogP contribution in [0.5, 0.6) is 0 Å². The number of fused-ring (bicyclic) bond motifs is 3. The van der Waals surface area contributed by atoms with Gasteiger partial charge in [0.05, 0.1) is 0 Å². The summed E-state index contributed by atoms with van der Waals surface area (Å²) in [5.41, 5.74) is 0.252. The van der Waals surface area contributed by atoms with Crippen molar-refractivity contribution in [2.75, 3.05) is 0 Å². The molecule has 0 spiro atoms. The molecule has 0 fully saturated rings. The average Bonchev–Trinajstić information content (AvgIpc) is 2.67. The number of nitrogens with zero attached hydrogens (tertiary/aromatic N) is 1. The van der Waals surface area contributed by atoms with Crippen molar-refractivity contribution < 1.29 is 8.83 Å². The zero-order valence-electron chi connectivity index (χ0n) is 13.8. The number of nitrogens with one attached hydrogen (secondary N) is 1. The lowest BCUT2D eigenvalue weighted by Crippen LogP contribution is -2.12. The lowest BCUT2D eigenvalue weighted by atomic mass is 10.0. The van der Waals surface area contributed by atoms with Crippen molar-refractivity contribution >= 4 is 45.5 Å². The molecule has 2 aromatic carbocycles. The van der Waals surface area contributed by atoms with Gasteiger partial charge in [0.1, 0.15) is 28.4 Å². The van der Waals surface area contributed by atoms with E-state index in [-0.39, 0.29) is 22.3 Å². The Bertz CT molecular complexity index is 1370. The predicted molar refractivity (Wildman–Crippen MR) is 103 cm³/mol. The first-order valence-corrected chi connectivity index (χ1v) is 8.37. The van der Waals surface area contributed by atoms with Gasteiger partial charge in [-0.2, -0.15) is 5.26 Å². The molecule has 4 rings (SSSR count). The van der Waals surface area contributed by atoms with Crippen LogP contribution in [0, 0.1) is 16.7 Å². The fraction of sp³-hybridized carbons (Fsp3) is 0. The molecular formula is C21H11ClN2O3. The summed E-state index contributed by atoms with van der Waals surface area (Å²) in [7, 11) is 0. The van der Waals surface area contributed by atoms with Gasteiger partial charge in [0, 0.05) is 15.8 Å². The first-order valence-electron chi connectivity index (χ1n) is 7.99. The summed E-state index contributed by atoms with van der Waals surface area (Å²) in [6.07, 6.45) is 3.31. The summed E-state index contributed by atoms with van der Waals surface area (Å²) in [5.74, 6) is 0.156. The minimum absolute atomic E-state index is 0.00209. The molecule has 0 bridgehead atoms. The van der Waals surface area contributed by atoms with Crippen molar-refractivity contribution in [2.45, 2.75) is 0 Å². The van der Waals surface area contributed by atoms with E-state index >= 15 is 0 Å². The summed E-state index contributed by atoms with van der Waals surface area (Å²) < 4.78 is 10.8. The lowest BCUT2D eigenvalue weighted by Gasteiger charge is -2.06. The minimum Gasteiger partial charge on any atom is -0.437 e. The van der Waals surface area contributed by atoms with E-state index in [0.29, 0.717) is 21.4 Å². The van der Waals surface area contributed by atoms with Gasteiger partial charge in [0.25, 0.3) is 0 Å². The molecule has 4 aromatic rings. The van der Waals surface area contributed by atoms with E-state index in [0.717, 1.165) is 5.56 Å². The van der Waals surface area contributed by atoms with Crippen molar-refractivity contribution in [3.8, 4) is 6.07 Å². The quantitative estimate of drug-likeness (QED) is 0.406. The van der Waals surface area contributed by atoms with Gasteiger partial charge in [0.15, 0.2) is 0 Å². The van der Waals surface area contributed by atoms with Crippen LogP contribution in [-0.4, -0.2) is 0 Å². The molecule has 0 radical (unpaired) electrons. The number of rotatable bonds is 2. The Hall–Kier alpha value is -3.62. The number of hydrogen-bond donors (Lipinski definition) is 1. The third-order valence-electron chi connectivity index (χ3n) is 4.16. The van der Waals surface area contributed by atoms with Gasteiger partial charge < -0.3 is 8.83 Å². The topological polar surface area (TPSA) is 91.0 Å². The molecule has 6 heteroatoms. The number of para-hydroxylation sites is 1. The number of halogens is 1. The predicted octanol–water partition coefficient (Wildman–Crippen LogP) is 4.71. The minimum atomic E-state index is -0.625. The van der Waals surface area contributed by atoms with Crippen LogP contribution in [0.15, 0.2) is 62.2 Å². The second kappa shape index (κ2) is 6.60. The van der Waals surface area contributed by atoms with E-state index in [2.05, 4.69) is 0 Å². The van der Waals surface area contributed by atoms with Crippen LogP contribution in [0.25, 0.3) is 33.9 Å². The fourth-order valence-corrected chi connectivity index (χ4v) is 3.05. The summed E-state index contributed by atoms with van der Waals surface area (Å²) in [4.78, 5) is 12.6. The Labute approximate surface area is 157 Å². The Morgan fingerprint density at radius 3 is 2.48 bits per heavy atom. The van der Waals surface area contributed by atoms with Crippen molar-refractivity contribution in [1.29, 1.82) is 10.7 Å². The molecular weight excluding hydrogens is 364 g/mol. The highest BCUT2D eigenvalue weighted by atomic mass is 35.5. The molecule has 2 aromatic heterocycles. The summed E-state index contributed by atoms with van der Waals surface area (Å²) >= 11 is 5.89. The molecule has 0 saturated carbocycles. The molecule has 0 aliphatic carbocycles. The number of benzene rings is 2. The Balaban J connectivity index is 2.06. The monoisotopic (exact) mass is 374 g/mol. The van der Waals surface area contributed by atoms with Gasteiger partial charge in [-0.3, -0.25) is 5.41 Å². The zero-order valence-corrected chi connectivity index (χ0v) is 14.6. The molecule has 5 nitrogen and oxygen atoms in total. The third kappa shape index (κ3) is 2.92. The van der Waals surface area contributed by atoms with Crippen LogP contribution < -0.4 is 11.2 Å². The fourth-order valence-electron chi connectivity index (χ4n) is 2.93. The van der Waals surface area contributed by atoms with Crippen LogP contribution in [-0.2, 0) is 0 Å². The highest BCUT2D eigenvalue weighted by Crippen LogP contribution is 2.27. The summed E-state index contributed by atoms with van der Waals surface area (Å²) in [6, 6.07) is 16.0. The Kier molecular flexibility index (Phi) is 4.11. The highest BCUT2D eigenvalue weighted by molar-refractivity contribution is 6.30. The largest absolute Gasteiger partial charge is 0.437 e. The Morgan fingerprint density at radius 2 is 1.74 bits per heavy atom. The molecule has 0 saturated heterocycles. The number of hydrogen-bond acceptors (Lipinski definition) is 5. The first-order chi connectivity index (χ1) is 13.1. The van der Waals surface area contributed by atoms with E-state index in [1.54, 1.807) is 48.6 Å². The van der Waals surface area contributed by atoms with Gasteiger partial charge in [-0.05, 0) is 29.8 Å².